The van der Waals surface area contributed by atoms with Crippen molar-refractivity contribution in [1.29, 1.82) is 0 Å². The van der Waals surface area contributed by atoms with Crippen LogP contribution in [0.4, 0.5) is 0 Å². The number of benzene rings is 1. The number of methoxy groups -OCH3 is 3. The van der Waals surface area contributed by atoms with Crippen LogP contribution >= 0.6 is 0 Å². The van der Waals surface area contributed by atoms with E-state index in [1.54, 1.807) is 27.5 Å². The standard InChI is InChI=1S/C18H23NO3/c1-18(2,3)14-10-15(20-4)13(9-16(14)21-5)12-7-8-17(22-6)19-11-12/h7-11H,1-6H3. The number of ether oxygens (including phenoxy) is 3. The van der Waals surface area contributed by atoms with Gasteiger partial charge in [-0.15, -0.1) is 0 Å². The maximum atomic E-state index is 5.58. The molecule has 0 aliphatic carbocycles. The second kappa shape index (κ2) is 6.26. The van der Waals surface area contributed by atoms with Crippen molar-refractivity contribution in [2.24, 2.45) is 0 Å². The third kappa shape index (κ3) is 3.16. The molecule has 0 unspecified atom stereocenters. The van der Waals surface area contributed by atoms with Gasteiger partial charge >= 0.3 is 0 Å². The van der Waals surface area contributed by atoms with Crippen LogP contribution < -0.4 is 14.2 Å². The molecule has 4 heteroatoms. The van der Waals surface area contributed by atoms with Crippen LogP contribution in [0.1, 0.15) is 26.3 Å². The molecule has 1 aromatic heterocycles. The molecule has 0 aliphatic rings. The Hall–Kier alpha value is -2.23. The normalized spacial score (nSPS) is 11.2. The smallest absolute Gasteiger partial charge is 0.212 e. The maximum Gasteiger partial charge on any atom is 0.212 e. The van der Waals surface area contributed by atoms with Gasteiger partial charge < -0.3 is 14.2 Å². The van der Waals surface area contributed by atoms with E-state index in [1.807, 2.05) is 24.3 Å². The number of aromatic nitrogens is 1. The molecule has 1 heterocycles. The predicted octanol–water partition coefficient (Wildman–Crippen LogP) is 4.07. The Balaban J connectivity index is 2.59. The first-order valence-corrected chi connectivity index (χ1v) is 7.17. The van der Waals surface area contributed by atoms with Crippen LogP contribution in [0.3, 0.4) is 0 Å². The lowest BCUT2D eigenvalue weighted by molar-refractivity contribution is 0.389. The largest absolute Gasteiger partial charge is 0.496 e. The van der Waals surface area contributed by atoms with Gasteiger partial charge in [0.25, 0.3) is 0 Å². The highest BCUT2D eigenvalue weighted by atomic mass is 16.5. The van der Waals surface area contributed by atoms with E-state index in [0.29, 0.717) is 5.88 Å². The van der Waals surface area contributed by atoms with Crippen molar-refractivity contribution >= 4 is 0 Å². The molecule has 0 spiro atoms. The van der Waals surface area contributed by atoms with Gasteiger partial charge in [-0.05, 0) is 23.6 Å². The van der Waals surface area contributed by atoms with E-state index in [-0.39, 0.29) is 5.41 Å². The Kier molecular flexibility index (Phi) is 4.59. The summed E-state index contributed by atoms with van der Waals surface area (Å²) in [6.45, 7) is 6.46. The molecule has 0 amide bonds. The number of pyridine rings is 1. The molecule has 0 N–H and O–H groups in total. The fraction of sp³-hybridized carbons (Fsp3) is 0.389. The van der Waals surface area contributed by atoms with E-state index in [2.05, 4.69) is 25.8 Å². The van der Waals surface area contributed by atoms with Crippen molar-refractivity contribution in [3.8, 4) is 28.5 Å². The Labute approximate surface area is 132 Å². The molecule has 0 bridgehead atoms. The molecule has 22 heavy (non-hydrogen) atoms. The van der Waals surface area contributed by atoms with Crippen LogP contribution in [0, 0.1) is 0 Å². The summed E-state index contributed by atoms with van der Waals surface area (Å²) in [5.74, 6) is 2.23. The summed E-state index contributed by atoms with van der Waals surface area (Å²) in [6.07, 6.45) is 1.77. The second-order valence-corrected chi connectivity index (χ2v) is 6.09. The van der Waals surface area contributed by atoms with Crippen molar-refractivity contribution in [2.75, 3.05) is 21.3 Å². The van der Waals surface area contributed by atoms with E-state index in [1.165, 1.54) is 0 Å². The fourth-order valence-corrected chi connectivity index (χ4v) is 2.37. The van der Waals surface area contributed by atoms with Crippen LogP contribution in [0.2, 0.25) is 0 Å². The fourth-order valence-electron chi connectivity index (χ4n) is 2.37. The highest BCUT2D eigenvalue weighted by Gasteiger charge is 2.22. The summed E-state index contributed by atoms with van der Waals surface area (Å²) in [5.41, 5.74) is 2.98. The summed E-state index contributed by atoms with van der Waals surface area (Å²) in [7, 11) is 4.96. The lowest BCUT2D eigenvalue weighted by Crippen LogP contribution is -2.13. The Morgan fingerprint density at radius 3 is 2.00 bits per heavy atom. The molecule has 1 aromatic carbocycles. The third-order valence-corrected chi connectivity index (χ3v) is 3.59. The van der Waals surface area contributed by atoms with Crippen molar-refractivity contribution in [2.45, 2.75) is 26.2 Å². The summed E-state index contributed by atoms with van der Waals surface area (Å²) in [4.78, 5) is 4.26. The minimum atomic E-state index is -0.0324. The zero-order valence-corrected chi connectivity index (χ0v) is 14.1. The highest BCUT2D eigenvalue weighted by molar-refractivity contribution is 5.73. The van der Waals surface area contributed by atoms with E-state index < -0.39 is 0 Å². The Morgan fingerprint density at radius 1 is 0.864 bits per heavy atom. The van der Waals surface area contributed by atoms with Gasteiger partial charge in [-0.25, -0.2) is 4.98 Å². The topological polar surface area (TPSA) is 40.6 Å². The second-order valence-electron chi connectivity index (χ2n) is 6.09. The van der Waals surface area contributed by atoms with Gasteiger partial charge in [-0.1, -0.05) is 20.8 Å². The van der Waals surface area contributed by atoms with Gasteiger partial charge in [0.2, 0.25) is 5.88 Å². The minimum absolute atomic E-state index is 0.0324. The molecule has 0 saturated carbocycles. The Morgan fingerprint density at radius 2 is 1.55 bits per heavy atom. The maximum absolute atomic E-state index is 5.58. The molecule has 0 radical (unpaired) electrons. The van der Waals surface area contributed by atoms with Crippen LogP contribution in [0.5, 0.6) is 17.4 Å². The summed E-state index contributed by atoms with van der Waals surface area (Å²) in [5, 5.41) is 0. The zero-order valence-electron chi connectivity index (χ0n) is 14.1. The van der Waals surface area contributed by atoms with Crippen molar-refractivity contribution < 1.29 is 14.2 Å². The number of hydrogen-bond acceptors (Lipinski definition) is 4. The quantitative estimate of drug-likeness (QED) is 0.853. The average molecular weight is 301 g/mol. The van der Waals surface area contributed by atoms with Crippen molar-refractivity contribution in [1.82, 2.24) is 4.98 Å². The number of hydrogen-bond donors (Lipinski definition) is 0. The van der Waals surface area contributed by atoms with Gasteiger partial charge in [-0.3, -0.25) is 0 Å². The molecule has 118 valence electrons. The predicted molar refractivity (Wildman–Crippen MR) is 88.0 cm³/mol. The SMILES string of the molecule is COc1ccc(-c2cc(OC)c(C(C)(C)C)cc2OC)cn1. The first-order valence-electron chi connectivity index (χ1n) is 7.17. The zero-order chi connectivity index (χ0) is 16.3. The molecule has 0 fully saturated rings. The van der Waals surface area contributed by atoms with Gasteiger partial charge in [0.05, 0.1) is 21.3 Å². The summed E-state index contributed by atoms with van der Waals surface area (Å²) >= 11 is 0. The molecule has 0 saturated heterocycles. The summed E-state index contributed by atoms with van der Waals surface area (Å²) < 4.78 is 16.3. The number of rotatable bonds is 4. The summed E-state index contributed by atoms with van der Waals surface area (Å²) in [6, 6.07) is 7.83. The number of nitrogens with zero attached hydrogens (tertiary/aromatic N) is 1. The van der Waals surface area contributed by atoms with Crippen LogP contribution in [-0.2, 0) is 5.41 Å². The lowest BCUT2D eigenvalue weighted by Gasteiger charge is -2.24. The average Bonchev–Trinajstić information content (AvgIpc) is 2.52. The first kappa shape index (κ1) is 16.1. The van der Waals surface area contributed by atoms with E-state index in [9.17, 15) is 0 Å². The lowest BCUT2D eigenvalue weighted by atomic mass is 9.85. The van der Waals surface area contributed by atoms with Crippen molar-refractivity contribution in [3.63, 3.8) is 0 Å². The molecular formula is C18H23NO3. The van der Waals surface area contributed by atoms with Crippen LogP contribution in [0.25, 0.3) is 11.1 Å². The molecule has 2 rings (SSSR count). The molecule has 2 aromatic rings. The van der Waals surface area contributed by atoms with E-state index in [4.69, 9.17) is 14.2 Å². The van der Waals surface area contributed by atoms with Gasteiger partial charge in [0.1, 0.15) is 11.5 Å². The van der Waals surface area contributed by atoms with Crippen LogP contribution in [-0.4, -0.2) is 26.3 Å². The molecular weight excluding hydrogens is 278 g/mol. The van der Waals surface area contributed by atoms with E-state index in [0.717, 1.165) is 28.2 Å². The molecule has 4 nitrogen and oxygen atoms in total. The van der Waals surface area contributed by atoms with Crippen molar-refractivity contribution in [3.05, 3.63) is 36.0 Å². The monoisotopic (exact) mass is 301 g/mol. The molecule has 0 aliphatic heterocycles. The van der Waals surface area contributed by atoms with Crippen LogP contribution in [0.15, 0.2) is 30.5 Å². The highest BCUT2D eigenvalue weighted by Crippen LogP contribution is 2.40. The van der Waals surface area contributed by atoms with E-state index >= 15 is 0 Å². The van der Waals surface area contributed by atoms with Gasteiger partial charge in [0.15, 0.2) is 0 Å². The van der Waals surface area contributed by atoms with Gasteiger partial charge in [-0.2, -0.15) is 0 Å². The Bertz CT molecular complexity index is 643. The minimum Gasteiger partial charge on any atom is -0.496 e. The van der Waals surface area contributed by atoms with Gasteiger partial charge in [0, 0.05) is 29.0 Å². The third-order valence-electron chi connectivity index (χ3n) is 3.59. The molecule has 0 atom stereocenters. The first-order chi connectivity index (χ1) is 10.4.